The zero-order valence-corrected chi connectivity index (χ0v) is 22.0. The number of amides is 3. The molecule has 3 amide bonds. The third-order valence-electron chi connectivity index (χ3n) is 6.24. The first kappa shape index (κ1) is 27.6. The van der Waals surface area contributed by atoms with Crippen LogP contribution < -0.4 is 15.9 Å². The number of carbonyl (C=O) groups is 3. The number of pyridine rings is 1. The standard InChI is InChI=1S/C27H32N6O6/c1-27(2,3)39-26(37)31-13-11-21-18(15-31)16-32(33(21)38)24-19(10-7-12-29-24)25(36)30-20(22(34)23(28)35)14-17-8-5-4-6-9-17/h4-10,12,16,20,22,34H,11,13-15H2,1-3H3,(H2,28,35)(H,30,36). The van der Waals surface area contributed by atoms with E-state index in [4.69, 9.17) is 10.5 Å². The van der Waals surface area contributed by atoms with Gasteiger partial charge in [-0.2, -0.15) is 0 Å². The number of primary amides is 1. The van der Waals surface area contributed by atoms with E-state index in [1.807, 2.05) is 6.07 Å². The molecule has 2 atom stereocenters. The van der Waals surface area contributed by atoms with Crippen LogP contribution in [0.15, 0.2) is 54.9 Å². The lowest BCUT2D eigenvalue weighted by Crippen LogP contribution is -2.50. The molecule has 0 spiro atoms. The number of hydrogen-bond acceptors (Lipinski definition) is 7. The Labute approximate surface area is 225 Å². The molecule has 2 unspecified atom stereocenters. The van der Waals surface area contributed by atoms with Gasteiger partial charge in [-0.3, -0.25) is 9.59 Å². The SMILES string of the molecule is CC(C)(C)OC(=O)N1CCc2c(cn(-c3ncccc3C(=O)NC(Cc3ccccc3)C(O)C(N)=O)[n+]2[O-])C1. The van der Waals surface area contributed by atoms with Crippen LogP contribution in [0, 0.1) is 5.21 Å². The van der Waals surface area contributed by atoms with Gasteiger partial charge in [0.05, 0.1) is 36.3 Å². The first-order valence-corrected chi connectivity index (χ1v) is 12.5. The molecular formula is C27H32N6O6. The van der Waals surface area contributed by atoms with E-state index in [1.165, 1.54) is 34.1 Å². The molecule has 12 nitrogen and oxygen atoms in total. The van der Waals surface area contributed by atoms with Gasteiger partial charge in [-0.25, -0.2) is 9.78 Å². The topological polar surface area (TPSA) is 167 Å². The summed E-state index contributed by atoms with van der Waals surface area (Å²) >= 11 is 0. The highest BCUT2D eigenvalue weighted by Crippen LogP contribution is 2.21. The zero-order valence-electron chi connectivity index (χ0n) is 22.0. The number of nitrogens with two attached hydrogens (primary N) is 1. The van der Waals surface area contributed by atoms with E-state index in [9.17, 15) is 24.7 Å². The molecule has 1 aromatic carbocycles. The minimum absolute atomic E-state index is 0.0492. The fourth-order valence-corrected chi connectivity index (χ4v) is 4.38. The number of aliphatic hydroxyl groups excluding tert-OH is 1. The maximum atomic E-state index is 13.4. The molecule has 0 fully saturated rings. The summed E-state index contributed by atoms with van der Waals surface area (Å²) in [4.78, 5) is 44.2. The van der Waals surface area contributed by atoms with Gasteiger partial charge in [-0.15, -0.1) is 0 Å². The Morgan fingerprint density at radius 2 is 1.92 bits per heavy atom. The van der Waals surface area contributed by atoms with Crippen LogP contribution in [0.4, 0.5) is 4.79 Å². The van der Waals surface area contributed by atoms with Crippen molar-refractivity contribution in [3.05, 3.63) is 82.4 Å². The van der Waals surface area contributed by atoms with E-state index in [1.54, 1.807) is 45.0 Å². The Bertz CT molecular complexity index is 1370. The first-order valence-electron chi connectivity index (χ1n) is 12.5. The predicted molar refractivity (Wildman–Crippen MR) is 139 cm³/mol. The van der Waals surface area contributed by atoms with Gasteiger partial charge in [0.2, 0.25) is 17.4 Å². The van der Waals surface area contributed by atoms with Crippen LogP contribution in [0.25, 0.3) is 5.82 Å². The number of hydrogen-bond donors (Lipinski definition) is 3. The number of aromatic nitrogens is 3. The number of nitrogens with zero attached hydrogens (tertiary/aromatic N) is 4. The minimum Gasteiger partial charge on any atom is -0.595 e. The second kappa shape index (κ2) is 11.1. The van der Waals surface area contributed by atoms with Crippen LogP contribution in [0.1, 0.15) is 48.0 Å². The molecule has 2 aromatic heterocycles. The molecule has 0 aliphatic carbocycles. The maximum absolute atomic E-state index is 13.4. The monoisotopic (exact) mass is 536 g/mol. The molecule has 4 N–H and O–H groups in total. The largest absolute Gasteiger partial charge is 0.595 e. The summed E-state index contributed by atoms with van der Waals surface area (Å²) in [6, 6.07) is 11.0. The number of ether oxygens (including phenoxy) is 1. The number of nitrogens with one attached hydrogen (secondary N) is 1. The van der Waals surface area contributed by atoms with Gasteiger partial charge in [-0.05, 0) is 44.9 Å². The Kier molecular flexibility index (Phi) is 7.86. The van der Waals surface area contributed by atoms with E-state index in [0.29, 0.717) is 29.1 Å². The van der Waals surface area contributed by atoms with Crippen LogP contribution in [0.5, 0.6) is 0 Å². The molecule has 0 bridgehead atoms. The van der Waals surface area contributed by atoms with Crippen molar-refractivity contribution in [3.63, 3.8) is 0 Å². The van der Waals surface area contributed by atoms with Crippen LogP contribution in [0.3, 0.4) is 0 Å². The Morgan fingerprint density at radius 1 is 1.21 bits per heavy atom. The van der Waals surface area contributed by atoms with Gasteiger partial charge < -0.3 is 31.0 Å². The molecule has 4 rings (SSSR count). The van der Waals surface area contributed by atoms with E-state index in [-0.39, 0.29) is 24.3 Å². The summed E-state index contributed by atoms with van der Waals surface area (Å²) in [5.41, 5.74) is 6.56. The zero-order chi connectivity index (χ0) is 28.3. The maximum Gasteiger partial charge on any atom is 0.410 e. The lowest BCUT2D eigenvalue weighted by atomic mass is 10.0. The van der Waals surface area contributed by atoms with Crippen LogP contribution in [-0.2, 0) is 28.9 Å². The van der Waals surface area contributed by atoms with Crippen LogP contribution in [0.2, 0.25) is 0 Å². The lowest BCUT2D eigenvalue weighted by Gasteiger charge is -2.28. The number of carbonyl (C=O) groups excluding carboxylic acids is 3. The van der Waals surface area contributed by atoms with Gasteiger partial charge in [0.1, 0.15) is 5.60 Å². The summed E-state index contributed by atoms with van der Waals surface area (Å²) in [6.45, 7) is 5.81. The van der Waals surface area contributed by atoms with E-state index >= 15 is 0 Å². The fourth-order valence-electron chi connectivity index (χ4n) is 4.38. The van der Waals surface area contributed by atoms with Gasteiger partial charge >= 0.3 is 6.09 Å². The van der Waals surface area contributed by atoms with Gasteiger partial charge in [0.15, 0.2) is 6.10 Å². The molecule has 0 radical (unpaired) electrons. The highest BCUT2D eigenvalue weighted by Gasteiger charge is 2.34. The van der Waals surface area contributed by atoms with Crippen molar-refractivity contribution in [3.8, 4) is 5.82 Å². The third kappa shape index (κ3) is 6.34. The van der Waals surface area contributed by atoms with Crippen LogP contribution in [-0.4, -0.2) is 61.9 Å². The highest BCUT2D eigenvalue weighted by atomic mass is 16.6. The van der Waals surface area contributed by atoms with E-state index < -0.39 is 35.7 Å². The molecule has 39 heavy (non-hydrogen) atoms. The Morgan fingerprint density at radius 3 is 2.59 bits per heavy atom. The number of aliphatic hydroxyl groups is 1. The van der Waals surface area contributed by atoms with E-state index in [0.717, 1.165) is 5.56 Å². The fraction of sp³-hybridized carbons (Fsp3) is 0.370. The average molecular weight is 537 g/mol. The summed E-state index contributed by atoms with van der Waals surface area (Å²) in [5, 5.41) is 26.3. The molecule has 3 aromatic rings. The lowest BCUT2D eigenvalue weighted by molar-refractivity contribution is -0.691. The minimum atomic E-state index is -1.64. The number of rotatable bonds is 7. The van der Waals surface area contributed by atoms with Gasteiger partial charge in [0.25, 0.3) is 5.91 Å². The number of fused-ring (bicyclic) bond motifs is 1. The van der Waals surface area contributed by atoms with Crippen molar-refractivity contribution in [2.24, 2.45) is 5.73 Å². The first-order chi connectivity index (χ1) is 18.4. The molecule has 3 heterocycles. The smallest absolute Gasteiger partial charge is 0.410 e. The third-order valence-corrected chi connectivity index (χ3v) is 6.24. The molecule has 0 saturated heterocycles. The highest BCUT2D eigenvalue weighted by molar-refractivity contribution is 5.97. The summed E-state index contributed by atoms with van der Waals surface area (Å²) in [6.07, 6.45) is 1.30. The Balaban J connectivity index is 1.60. The van der Waals surface area contributed by atoms with Crippen molar-refractivity contribution in [1.82, 2.24) is 19.9 Å². The molecular weight excluding hydrogens is 504 g/mol. The van der Waals surface area contributed by atoms with Crippen molar-refractivity contribution >= 4 is 17.9 Å². The van der Waals surface area contributed by atoms with Crippen molar-refractivity contribution in [1.29, 1.82) is 0 Å². The normalized spacial score (nSPS) is 14.7. The second-order valence-corrected chi connectivity index (χ2v) is 10.4. The molecule has 12 heteroatoms. The summed E-state index contributed by atoms with van der Waals surface area (Å²) in [7, 11) is 0. The van der Waals surface area contributed by atoms with E-state index in [2.05, 4.69) is 10.3 Å². The van der Waals surface area contributed by atoms with Crippen molar-refractivity contribution in [2.45, 2.75) is 57.9 Å². The second-order valence-electron chi connectivity index (χ2n) is 10.4. The number of benzene rings is 1. The molecule has 1 aliphatic rings. The average Bonchev–Trinajstić information content (AvgIpc) is 3.22. The van der Waals surface area contributed by atoms with Crippen molar-refractivity contribution < 1.29 is 29.1 Å². The quantitative estimate of drug-likeness (QED) is 0.299. The predicted octanol–water partition coefficient (Wildman–Crippen LogP) is 0.986. The van der Waals surface area contributed by atoms with Crippen molar-refractivity contribution in [2.75, 3.05) is 6.54 Å². The molecule has 1 aliphatic heterocycles. The van der Waals surface area contributed by atoms with Gasteiger partial charge in [0, 0.05) is 12.7 Å². The molecule has 206 valence electrons. The summed E-state index contributed by atoms with van der Waals surface area (Å²) in [5.74, 6) is -1.58. The van der Waals surface area contributed by atoms with Gasteiger partial charge in [-0.1, -0.05) is 39.9 Å². The van der Waals surface area contributed by atoms with Crippen LogP contribution >= 0.6 is 0 Å². The molecule has 0 saturated carbocycles. The summed E-state index contributed by atoms with van der Waals surface area (Å²) < 4.78 is 6.66. The Hall–Kier alpha value is -4.45.